The first-order valence-corrected chi connectivity index (χ1v) is 4.31. The molecule has 68 valence electrons. The van der Waals surface area contributed by atoms with Gasteiger partial charge in [-0.3, -0.25) is 0 Å². The van der Waals surface area contributed by atoms with E-state index >= 15 is 0 Å². The second kappa shape index (κ2) is 8.05. The zero-order chi connectivity index (χ0) is 9.23. The van der Waals surface area contributed by atoms with Gasteiger partial charge in [-0.2, -0.15) is 0 Å². The van der Waals surface area contributed by atoms with Gasteiger partial charge in [0.2, 0.25) is 0 Å². The molecule has 1 N–H and O–H groups in total. The van der Waals surface area contributed by atoms with Gasteiger partial charge in [0, 0.05) is 6.08 Å². The van der Waals surface area contributed by atoms with E-state index in [0.29, 0.717) is 0 Å². The van der Waals surface area contributed by atoms with E-state index < -0.39 is 5.97 Å². The Hall–Kier alpha value is -1.05. The summed E-state index contributed by atoms with van der Waals surface area (Å²) in [7, 11) is 0. The number of aliphatic carboxylic acids is 1. The molecule has 0 bridgehead atoms. The molecule has 0 aromatic carbocycles. The minimum Gasteiger partial charge on any atom is -0.478 e. The van der Waals surface area contributed by atoms with Gasteiger partial charge in [0.25, 0.3) is 0 Å². The first-order chi connectivity index (χ1) is 5.77. The third kappa shape index (κ3) is 8.95. The molecule has 0 aliphatic rings. The molecule has 0 rings (SSSR count). The summed E-state index contributed by atoms with van der Waals surface area (Å²) in [5.41, 5.74) is 0. The third-order valence-electron chi connectivity index (χ3n) is 1.40. The lowest BCUT2D eigenvalue weighted by molar-refractivity contribution is -0.131. The van der Waals surface area contributed by atoms with E-state index in [0.717, 1.165) is 25.7 Å². The fraction of sp³-hybridized carbons (Fsp3) is 0.500. The predicted molar refractivity (Wildman–Crippen MR) is 50.1 cm³/mol. The number of allylic oxidation sites excluding steroid dienone is 3. The van der Waals surface area contributed by atoms with E-state index in [1.165, 1.54) is 6.08 Å². The highest BCUT2D eigenvalue weighted by Gasteiger charge is 1.84. The second-order valence-electron chi connectivity index (χ2n) is 2.55. The van der Waals surface area contributed by atoms with Crippen molar-refractivity contribution in [1.29, 1.82) is 0 Å². The van der Waals surface area contributed by atoms with Gasteiger partial charge in [-0.25, -0.2) is 4.79 Å². The zero-order valence-electron chi connectivity index (χ0n) is 7.49. The van der Waals surface area contributed by atoms with Crippen LogP contribution in [0.5, 0.6) is 0 Å². The van der Waals surface area contributed by atoms with Gasteiger partial charge < -0.3 is 5.11 Å². The molecule has 0 heterocycles. The van der Waals surface area contributed by atoms with E-state index in [1.54, 1.807) is 6.08 Å². The van der Waals surface area contributed by atoms with Gasteiger partial charge in [0.15, 0.2) is 0 Å². The Morgan fingerprint density at radius 2 is 1.92 bits per heavy atom. The Balaban J connectivity index is 3.21. The van der Waals surface area contributed by atoms with Crippen LogP contribution in [0.4, 0.5) is 0 Å². The number of carboxylic acids is 1. The molecule has 0 radical (unpaired) electrons. The number of hydrogen-bond donors (Lipinski definition) is 1. The lowest BCUT2D eigenvalue weighted by Gasteiger charge is -1.88. The third-order valence-corrected chi connectivity index (χ3v) is 1.40. The van der Waals surface area contributed by atoms with Crippen molar-refractivity contribution in [3.05, 3.63) is 24.3 Å². The van der Waals surface area contributed by atoms with Crippen molar-refractivity contribution in [2.45, 2.75) is 32.6 Å². The number of rotatable bonds is 6. The molecule has 0 aliphatic carbocycles. The van der Waals surface area contributed by atoms with E-state index in [-0.39, 0.29) is 0 Å². The molecular weight excluding hydrogens is 152 g/mol. The van der Waals surface area contributed by atoms with Crippen LogP contribution in [-0.2, 0) is 4.79 Å². The van der Waals surface area contributed by atoms with Crippen molar-refractivity contribution in [1.82, 2.24) is 0 Å². The molecule has 0 saturated carbocycles. The highest BCUT2D eigenvalue weighted by atomic mass is 16.4. The SMILES string of the molecule is CC/C=C/CCC/C=C/C(=O)O. The number of hydrogen-bond acceptors (Lipinski definition) is 1. The quantitative estimate of drug-likeness (QED) is 0.376. The summed E-state index contributed by atoms with van der Waals surface area (Å²) in [4.78, 5) is 10.0. The summed E-state index contributed by atoms with van der Waals surface area (Å²) in [6, 6.07) is 0. The largest absolute Gasteiger partial charge is 0.478 e. The summed E-state index contributed by atoms with van der Waals surface area (Å²) in [6.07, 6.45) is 11.1. The van der Waals surface area contributed by atoms with Crippen molar-refractivity contribution in [2.75, 3.05) is 0 Å². The summed E-state index contributed by atoms with van der Waals surface area (Å²) in [5, 5.41) is 8.25. The van der Waals surface area contributed by atoms with E-state index in [4.69, 9.17) is 5.11 Å². The van der Waals surface area contributed by atoms with Gasteiger partial charge in [-0.15, -0.1) is 0 Å². The van der Waals surface area contributed by atoms with E-state index in [1.807, 2.05) is 0 Å². The molecule has 0 spiro atoms. The molecule has 0 atom stereocenters. The first-order valence-electron chi connectivity index (χ1n) is 4.31. The summed E-state index contributed by atoms with van der Waals surface area (Å²) < 4.78 is 0. The average molecular weight is 168 g/mol. The Morgan fingerprint density at radius 1 is 1.25 bits per heavy atom. The highest BCUT2D eigenvalue weighted by molar-refractivity contribution is 5.79. The van der Waals surface area contributed by atoms with Crippen LogP contribution >= 0.6 is 0 Å². The van der Waals surface area contributed by atoms with Crippen molar-refractivity contribution < 1.29 is 9.90 Å². The maximum Gasteiger partial charge on any atom is 0.327 e. The molecule has 0 fully saturated rings. The lowest BCUT2D eigenvalue weighted by atomic mass is 10.2. The Morgan fingerprint density at radius 3 is 2.50 bits per heavy atom. The van der Waals surface area contributed by atoms with Crippen molar-refractivity contribution in [2.24, 2.45) is 0 Å². The molecule has 0 aromatic rings. The topological polar surface area (TPSA) is 37.3 Å². The molecule has 0 amide bonds. The van der Waals surface area contributed by atoms with Crippen molar-refractivity contribution in [3.8, 4) is 0 Å². The normalized spacial score (nSPS) is 11.4. The molecular formula is C10H16O2. The fourth-order valence-corrected chi connectivity index (χ4v) is 0.822. The molecule has 0 saturated heterocycles. The maximum atomic E-state index is 10.0. The van der Waals surface area contributed by atoms with E-state index in [9.17, 15) is 4.79 Å². The van der Waals surface area contributed by atoms with Gasteiger partial charge in [0.05, 0.1) is 0 Å². The van der Waals surface area contributed by atoms with Crippen LogP contribution in [0.3, 0.4) is 0 Å². The number of carboxylic acid groups (broad SMARTS) is 1. The summed E-state index contributed by atoms with van der Waals surface area (Å²) in [6.45, 7) is 2.10. The Bertz CT molecular complexity index is 169. The molecule has 0 aromatic heterocycles. The summed E-state index contributed by atoms with van der Waals surface area (Å²) in [5.74, 6) is -0.862. The maximum absolute atomic E-state index is 10.0. The average Bonchev–Trinajstić information content (AvgIpc) is 2.02. The van der Waals surface area contributed by atoms with Crippen molar-refractivity contribution >= 4 is 5.97 Å². The molecule has 0 unspecified atom stereocenters. The summed E-state index contributed by atoms with van der Waals surface area (Å²) >= 11 is 0. The van der Waals surface area contributed by atoms with Crippen LogP contribution in [-0.4, -0.2) is 11.1 Å². The van der Waals surface area contributed by atoms with Gasteiger partial charge in [0.1, 0.15) is 0 Å². The van der Waals surface area contributed by atoms with Gasteiger partial charge in [-0.1, -0.05) is 25.2 Å². The van der Waals surface area contributed by atoms with Gasteiger partial charge in [-0.05, 0) is 25.7 Å². The van der Waals surface area contributed by atoms with Crippen LogP contribution in [0.15, 0.2) is 24.3 Å². The molecule has 12 heavy (non-hydrogen) atoms. The monoisotopic (exact) mass is 168 g/mol. The zero-order valence-corrected chi connectivity index (χ0v) is 7.49. The fourth-order valence-electron chi connectivity index (χ4n) is 0.822. The van der Waals surface area contributed by atoms with Crippen LogP contribution in [0, 0.1) is 0 Å². The number of unbranched alkanes of at least 4 members (excludes halogenated alkanes) is 2. The highest BCUT2D eigenvalue weighted by Crippen LogP contribution is 1.98. The van der Waals surface area contributed by atoms with Crippen LogP contribution < -0.4 is 0 Å². The minimum absolute atomic E-state index is 0.848. The standard InChI is InChI=1S/C10H16O2/c1-2-3-4-5-6-7-8-9-10(11)12/h3-4,8-9H,2,5-7H2,1H3,(H,11,12)/b4-3+,9-8+. The number of carbonyl (C=O) groups is 1. The first kappa shape index (κ1) is 11.0. The molecule has 2 heteroatoms. The Labute approximate surface area is 73.6 Å². The van der Waals surface area contributed by atoms with Crippen molar-refractivity contribution in [3.63, 3.8) is 0 Å². The van der Waals surface area contributed by atoms with E-state index in [2.05, 4.69) is 19.1 Å². The van der Waals surface area contributed by atoms with Crippen LogP contribution in [0.25, 0.3) is 0 Å². The van der Waals surface area contributed by atoms with Gasteiger partial charge >= 0.3 is 5.97 Å². The lowest BCUT2D eigenvalue weighted by Crippen LogP contribution is -1.85. The minimum atomic E-state index is -0.862. The smallest absolute Gasteiger partial charge is 0.327 e. The molecule has 0 aliphatic heterocycles. The van der Waals surface area contributed by atoms with Crippen LogP contribution in [0.2, 0.25) is 0 Å². The molecule has 2 nitrogen and oxygen atoms in total. The predicted octanol–water partition coefficient (Wildman–Crippen LogP) is 2.76. The second-order valence-corrected chi connectivity index (χ2v) is 2.55. The van der Waals surface area contributed by atoms with Crippen LogP contribution in [0.1, 0.15) is 32.6 Å². The Kier molecular flexibility index (Phi) is 7.35.